The summed E-state index contributed by atoms with van der Waals surface area (Å²) in [5, 5.41) is 15.6. The first-order chi connectivity index (χ1) is 16.7. The molecule has 2 bridgehead atoms. The van der Waals surface area contributed by atoms with Crippen LogP contribution in [0.1, 0.15) is 67.2 Å². The van der Waals surface area contributed by atoms with Crippen LogP contribution in [0.2, 0.25) is 0 Å². The van der Waals surface area contributed by atoms with Crippen LogP contribution in [-0.2, 0) is 19.1 Å². The summed E-state index contributed by atoms with van der Waals surface area (Å²) in [6.45, 7) is 12.4. The van der Waals surface area contributed by atoms with E-state index < -0.39 is 34.6 Å². The molecule has 0 saturated carbocycles. The first kappa shape index (κ1) is 26.6. The molecule has 3 fully saturated rings. The minimum Gasteiger partial charge on any atom is -0.396 e. The van der Waals surface area contributed by atoms with Crippen LogP contribution in [0.4, 0.5) is 5.69 Å². The van der Waals surface area contributed by atoms with Crippen LogP contribution < -0.4 is 10.6 Å². The zero-order valence-corrected chi connectivity index (χ0v) is 22.4. The lowest BCUT2D eigenvalue weighted by atomic mass is 9.66. The number of ether oxygens (including phenoxy) is 1. The fourth-order valence-electron chi connectivity index (χ4n) is 7.12. The number of likely N-dealkylation sites (tertiary alicyclic amines) is 1. The minimum atomic E-state index is -1.07. The van der Waals surface area contributed by atoms with E-state index in [4.69, 9.17) is 4.74 Å². The van der Waals surface area contributed by atoms with E-state index in [1.165, 1.54) is 0 Å². The van der Waals surface area contributed by atoms with Gasteiger partial charge in [-0.1, -0.05) is 39.0 Å². The molecular formula is C28H41N3O5. The molecular weight excluding hydrogens is 458 g/mol. The van der Waals surface area contributed by atoms with E-state index in [1.807, 2.05) is 51.1 Å². The van der Waals surface area contributed by atoms with Crippen molar-refractivity contribution >= 4 is 23.4 Å². The zero-order valence-electron chi connectivity index (χ0n) is 22.4. The lowest BCUT2D eigenvalue weighted by Gasteiger charge is -2.38. The van der Waals surface area contributed by atoms with Gasteiger partial charge in [-0.3, -0.25) is 14.4 Å². The minimum absolute atomic E-state index is 0.00389. The number of nitrogens with zero attached hydrogens (tertiary/aromatic N) is 1. The molecule has 198 valence electrons. The summed E-state index contributed by atoms with van der Waals surface area (Å²) in [6, 6.07) is 8.32. The number of hydrogen-bond acceptors (Lipinski definition) is 5. The summed E-state index contributed by atoms with van der Waals surface area (Å²) in [5.74, 6) is -2.23. The van der Waals surface area contributed by atoms with Crippen LogP contribution in [-0.4, -0.2) is 63.7 Å². The second-order valence-electron chi connectivity index (χ2n) is 12.8. The number of nitrogens with one attached hydrogen (secondary N) is 2. The van der Waals surface area contributed by atoms with E-state index in [1.54, 1.807) is 4.90 Å². The Labute approximate surface area is 214 Å². The molecule has 5 atom stereocenters. The Bertz CT molecular complexity index is 1020. The Hall–Kier alpha value is -2.45. The van der Waals surface area contributed by atoms with Gasteiger partial charge in [-0.15, -0.1) is 0 Å². The van der Waals surface area contributed by atoms with Gasteiger partial charge in [0.05, 0.1) is 17.4 Å². The van der Waals surface area contributed by atoms with Gasteiger partial charge in [-0.05, 0) is 64.0 Å². The van der Waals surface area contributed by atoms with Crippen molar-refractivity contribution in [3.8, 4) is 0 Å². The highest BCUT2D eigenvalue weighted by molar-refractivity contribution is 6.02. The van der Waals surface area contributed by atoms with E-state index in [0.717, 1.165) is 6.42 Å². The predicted octanol–water partition coefficient (Wildman–Crippen LogP) is 3.10. The molecule has 0 aromatic heterocycles. The molecule has 1 aromatic carbocycles. The predicted molar refractivity (Wildman–Crippen MR) is 137 cm³/mol. The maximum Gasteiger partial charge on any atom is 0.246 e. The summed E-state index contributed by atoms with van der Waals surface area (Å²) in [4.78, 5) is 42.9. The average molecular weight is 500 g/mol. The molecule has 36 heavy (non-hydrogen) atoms. The van der Waals surface area contributed by atoms with E-state index >= 15 is 0 Å². The Morgan fingerprint density at radius 3 is 2.39 bits per heavy atom. The second-order valence-corrected chi connectivity index (χ2v) is 12.8. The number of benzene rings is 1. The molecule has 3 aliphatic heterocycles. The fourth-order valence-corrected chi connectivity index (χ4v) is 7.12. The standard InChI is InChI=1S/C28H41N3O5/c1-25(2,3)17-26(4,5)30-23(34)21-28-14-13-27(6,36-28)19(20(28)24(35)31(21)15-10-16-32)22(33)29-18-11-8-7-9-12-18/h7-9,11-12,19-21,32H,10,13-17H2,1-6H3,(H,29,33)(H,30,34)/t19-,20+,21?,27+,28?/m1/s1. The Morgan fingerprint density at radius 2 is 1.78 bits per heavy atom. The maximum atomic E-state index is 13.9. The van der Waals surface area contributed by atoms with E-state index in [9.17, 15) is 19.5 Å². The largest absolute Gasteiger partial charge is 0.396 e. The molecule has 3 heterocycles. The first-order valence-corrected chi connectivity index (χ1v) is 13.0. The quantitative estimate of drug-likeness (QED) is 0.509. The van der Waals surface area contributed by atoms with Crippen molar-refractivity contribution < 1.29 is 24.2 Å². The zero-order chi connectivity index (χ0) is 26.5. The number of rotatable bonds is 8. The third-order valence-corrected chi connectivity index (χ3v) is 7.84. The molecule has 8 heteroatoms. The Balaban J connectivity index is 1.67. The van der Waals surface area contributed by atoms with Crippen LogP contribution in [0.15, 0.2) is 30.3 Å². The van der Waals surface area contributed by atoms with Gasteiger partial charge in [-0.25, -0.2) is 0 Å². The number of hydrogen-bond donors (Lipinski definition) is 3. The van der Waals surface area contributed by atoms with Crippen molar-refractivity contribution in [3.63, 3.8) is 0 Å². The summed E-state index contributed by atoms with van der Waals surface area (Å²) in [6.07, 6.45) is 2.22. The van der Waals surface area contributed by atoms with Crippen LogP contribution >= 0.6 is 0 Å². The topological polar surface area (TPSA) is 108 Å². The van der Waals surface area contributed by atoms with Gasteiger partial charge in [0.2, 0.25) is 17.7 Å². The summed E-state index contributed by atoms with van der Waals surface area (Å²) >= 11 is 0. The van der Waals surface area contributed by atoms with Gasteiger partial charge < -0.3 is 25.4 Å². The molecule has 0 aliphatic carbocycles. The normalized spacial score (nSPS) is 31.5. The van der Waals surface area contributed by atoms with Crippen LogP contribution in [0.25, 0.3) is 0 Å². The first-order valence-electron chi connectivity index (χ1n) is 13.0. The van der Waals surface area contributed by atoms with Gasteiger partial charge in [0, 0.05) is 24.4 Å². The highest BCUT2D eigenvalue weighted by Gasteiger charge is 2.77. The van der Waals surface area contributed by atoms with Gasteiger partial charge in [0.15, 0.2) is 0 Å². The number of aliphatic hydroxyl groups is 1. The van der Waals surface area contributed by atoms with Crippen molar-refractivity contribution in [2.75, 3.05) is 18.5 Å². The van der Waals surface area contributed by atoms with Crippen molar-refractivity contribution in [1.82, 2.24) is 10.2 Å². The lowest BCUT2D eigenvalue weighted by Crippen LogP contribution is -2.59. The number of carbonyl (C=O) groups is 3. The molecule has 1 spiro atoms. The van der Waals surface area contributed by atoms with E-state index in [-0.39, 0.29) is 36.3 Å². The number of fused-ring (bicyclic) bond motifs is 1. The number of anilines is 1. The molecule has 2 unspecified atom stereocenters. The smallest absolute Gasteiger partial charge is 0.246 e. The summed E-state index contributed by atoms with van der Waals surface area (Å²) in [7, 11) is 0. The Kier molecular flexibility index (Phi) is 6.75. The fraction of sp³-hybridized carbons (Fsp3) is 0.679. The molecule has 8 nitrogen and oxygen atoms in total. The summed E-state index contributed by atoms with van der Waals surface area (Å²) < 4.78 is 6.63. The van der Waals surface area contributed by atoms with Crippen molar-refractivity contribution in [1.29, 1.82) is 0 Å². The van der Waals surface area contributed by atoms with Gasteiger partial charge in [0.1, 0.15) is 11.6 Å². The van der Waals surface area contributed by atoms with Gasteiger partial charge >= 0.3 is 0 Å². The highest BCUT2D eigenvalue weighted by Crippen LogP contribution is 2.63. The van der Waals surface area contributed by atoms with Crippen LogP contribution in [0.3, 0.4) is 0 Å². The van der Waals surface area contributed by atoms with Crippen molar-refractivity contribution in [2.24, 2.45) is 17.3 Å². The van der Waals surface area contributed by atoms with Crippen LogP contribution in [0.5, 0.6) is 0 Å². The third kappa shape index (κ3) is 4.65. The number of amides is 3. The number of para-hydroxylation sites is 1. The number of aliphatic hydroxyl groups excluding tert-OH is 1. The van der Waals surface area contributed by atoms with E-state index in [0.29, 0.717) is 24.9 Å². The molecule has 4 rings (SSSR count). The molecule has 3 amide bonds. The average Bonchev–Trinajstić information content (AvgIpc) is 3.31. The Morgan fingerprint density at radius 1 is 1.11 bits per heavy atom. The monoisotopic (exact) mass is 499 g/mol. The van der Waals surface area contributed by atoms with E-state index in [2.05, 4.69) is 31.4 Å². The lowest BCUT2D eigenvalue weighted by molar-refractivity contribution is -0.146. The third-order valence-electron chi connectivity index (χ3n) is 7.84. The molecule has 3 aliphatic rings. The SMILES string of the molecule is CC(C)(C)CC(C)(C)NC(=O)C1N(CCCO)C(=O)[C@@H]2[C@H](C(=O)Nc3ccccc3)[C@]3(C)CCC12O3. The highest BCUT2D eigenvalue weighted by atomic mass is 16.5. The van der Waals surface area contributed by atoms with Gasteiger partial charge in [-0.2, -0.15) is 0 Å². The number of carbonyl (C=O) groups excluding carboxylic acids is 3. The molecule has 3 saturated heterocycles. The van der Waals surface area contributed by atoms with Gasteiger partial charge in [0.25, 0.3) is 0 Å². The summed E-state index contributed by atoms with van der Waals surface area (Å²) in [5.41, 5.74) is -1.75. The molecule has 0 radical (unpaired) electrons. The maximum absolute atomic E-state index is 13.9. The second kappa shape index (κ2) is 9.14. The van der Waals surface area contributed by atoms with Crippen molar-refractivity contribution in [3.05, 3.63) is 30.3 Å². The molecule has 1 aromatic rings. The van der Waals surface area contributed by atoms with Crippen molar-refractivity contribution in [2.45, 2.75) is 90.0 Å². The molecule has 3 N–H and O–H groups in total. The van der Waals surface area contributed by atoms with Crippen LogP contribution in [0, 0.1) is 17.3 Å².